The highest BCUT2D eigenvalue weighted by molar-refractivity contribution is 7.91. The van der Waals surface area contributed by atoms with E-state index in [1.54, 1.807) is 0 Å². The molecule has 1 N–H and O–H groups in total. The van der Waals surface area contributed by atoms with E-state index in [0.29, 0.717) is 0 Å². The largest absolute Gasteiger partial charge is 0.290 e. The van der Waals surface area contributed by atoms with E-state index in [0.717, 1.165) is 30.3 Å². The highest BCUT2D eigenvalue weighted by atomic mass is 32.2. The summed E-state index contributed by atoms with van der Waals surface area (Å²) in [6.45, 7) is 1.34. The number of nitrogens with one attached hydrogen (secondary N) is 1. The summed E-state index contributed by atoms with van der Waals surface area (Å²) in [5.74, 6) is -3.07. The summed E-state index contributed by atoms with van der Waals surface area (Å²) in [7, 11) is -4.14. The lowest BCUT2D eigenvalue weighted by molar-refractivity contribution is -0.385. The first-order valence-corrected chi connectivity index (χ1v) is 7.90. The second-order valence-electron chi connectivity index (χ2n) is 4.62. The van der Waals surface area contributed by atoms with Gasteiger partial charge in [-0.05, 0) is 25.1 Å². The Morgan fingerprint density at radius 2 is 1.83 bits per heavy atom. The minimum Gasteiger partial charge on any atom is -0.267 e. The molecule has 0 bridgehead atoms. The van der Waals surface area contributed by atoms with Crippen LogP contribution in [0.4, 0.5) is 20.3 Å². The third-order valence-electron chi connectivity index (χ3n) is 2.91. The maximum Gasteiger partial charge on any atom is 0.290 e. The molecule has 0 saturated carbocycles. The fourth-order valence-corrected chi connectivity index (χ4v) is 3.02. The predicted molar refractivity (Wildman–Crippen MR) is 78.2 cm³/mol. The van der Waals surface area contributed by atoms with Gasteiger partial charge in [0.25, 0.3) is 5.69 Å². The quantitative estimate of drug-likeness (QED) is 0.664. The second kappa shape index (κ2) is 6.24. The van der Waals surface area contributed by atoms with Crippen LogP contribution in [0.1, 0.15) is 11.3 Å². The van der Waals surface area contributed by atoms with Crippen LogP contribution in [0.3, 0.4) is 0 Å². The number of hydrogen-bond donors (Lipinski definition) is 1. The Balaban J connectivity index is 2.25. The number of nitrogens with zero attached hydrogens (tertiary/aromatic N) is 2. The zero-order valence-electron chi connectivity index (χ0n) is 11.8. The predicted octanol–water partition coefficient (Wildman–Crippen LogP) is 2.52. The molecule has 2 aromatic rings. The number of sulfonamides is 1. The summed E-state index contributed by atoms with van der Waals surface area (Å²) in [5.41, 5.74) is -0.862. The lowest BCUT2D eigenvalue weighted by atomic mass is 10.2. The van der Waals surface area contributed by atoms with Crippen LogP contribution in [0.15, 0.2) is 30.3 Å². The molecule has 23 heavy (non-hydrogen) atoms. The Kier molecular flexibility index (Phi) is 4.55. The summed E-state index contributed by atoms with van der Waals surface area (Å²) in [6, 6.07) is 5.20. The molecule has 0 fully saturated rings. The van der Waals surface area contributed by atoms with Crippen molar-refractivity contribution in [3.8, 4) is 0 Å². The molecule has 0 unspecified atom stereocenters. The second-order valence-corrected chi connectivity index (χ2v) is 6.34. The van der Waals surface area contributed by atoms with E-state index in [-0.39, 0.29) is 17.2 Å². The van der Waals surface area contributed by atoms with Gasteiger partial charge in [-0.3, -0.25) is 14.8 Å². The van der Waals surface area contributed by atoms with Crippen LogP contribution in [0.25, 0.3) is 0 Å². The Bertz CT molecular complexity index is 851. The van der Waals surface area contributed by atoms with Crippen LogP contribution >= 0.6 is 0 Å². The first kappa shape index (κ1) is 16.7. The summed E-state index contributed by atoms with van der Waals surface area (Å²) >= 11 is 0. The highest BCUT2D eigenvalue weighted by Gasteiger charge is 2.20. The number of pyridine rings is 1. The molecule has 1 aromatic carbocycles. The van der Waals surface area contributed by atoms with Gasteiger partial charge in [-0.1, -0.05) is 6.07 Å². The standard InChI is InChI=1S/C13H11F2N3O4S/c1-8-12(18(19)20)5-6-13(16-8)17-23(21,22)7-9-10(14)3-2-4-11(9)15/h2-6H,7H2,1H3,(H,16,17). The van der Waals surface area contributed by atoms with Crippen LogP contribution in [0.5, 0.6) is 0 Å². The van der Waals surface area contributed by atoms with Gasteiger partial charge in [0.05, 0.1) is 4.92 Å². The Morgan fingerprint density at radius 3 is 2.35 bits per heavy atom. The van der Waals surface area contributed by atoms with Gasteiger partial charge >= 0.3 is 0 Å². The number of aryl methyl sites for hydroxylation is 1. The number of rotatable bonds is 5. The molecule has 0 spiro atoms. The smallest absolute Gasteiger partial charge is 0.267 e. The van der Waals surface area contributed by atoms with Gasteiger partial charge in [0.2, 0.25) is 10.0 Å². The SMILES string of the molecule is Cc1nc(NS(=O)(=O)Cc2c(F)cccc2F)ccc1[N+](=O)[O-]. The molecule has 10 heteroatoms. The normalized spacial score (nSPS) is 11.3. The summed E-state index contributed by atoms with van der Waals surface area (Å²) in [6.07, 6.45) is 0. The van der Waals surface area contributed by atoms with Gasteiger partial charge in [-0.2, -0.15) is 0 Å². The van der Waals surface area contributed by atoms with Gasteiger partial charge in [0.1, 0.15) is 28.9 Å². The van der Waals surface area contributed by atoms with Crippen LogP contribution in [-0.2, 0) is 15.8 Å². The number of anilines is 1. The van der Waals surface area contributed by atoms with Crippen molar-refractivity contribution in [2.75, 3.05) is 4.72 Å². The summed E-state index contributed by atoms with van der Waals surface area (Å²) in [5, 5.41) is 10.7. The van der Waals surface area contributed by atoms with Gasteiger partial charge in [0, 0.05) is 11.6 Å². The van der Waals surface area contributed by atoms with Gasteiger partial charge < -0.3 is 0 Å². The molecular formula is C13H11F2N3O4S. The van der Waals surface area contributed by atoms with Crippen LogP contribution in [0.2, 0.25) is 0 Å². The van der Waals surface area contributed by atoms with E-state index in [4.69, 9.17) is 0 Å². The molecule has 0 atom stereocenters. The Labute approximate surface area is 130 Å². The van der Waals surface area contributed by atoms with Crippen molar-refractivity contribution in [2.45, 2.75) is 12.7 Å². The van der Waals surface area contributed by atoms with Crippen LogP contribution < -0.4 is 4.72 Å². The van der Waals surface area contributed by atoms with Crippen molar-refractivity contribution in [1.29, 1.82) is 0 Å². The van der Waals surface area contributed by atoms with E-state index in [1.165, 1.54) is 6.92 Å². The molecular weight excluding hydrogens is 332 g/mol. The lowest BCUT2D eigenvalue weighted by Gasteiger charge is -2.09. The number of hydrogen-bond acceptors (Lipinski definition) is 5. The van der Waals surface area contributed by atoms with Crippen molar-refractivity contribution in [3.63, 3.8) is 0 Å². The maximum absolute atomic E-state index is 13.5. The van der Waals surface area contributed by atoms with Crippen molar-refractivity contribution >= 4 is 21.5 Å². The van der Waals surface area contributed by atoms with Crippen LogP contribution in [-0.4, -0.2) is 18.3 Å². The molecule has 1 aromatic heterocycles. The number of halogens is 2. The van der Waals surface area contributed by atoms with Crippen LogP contribution in [0, 0.1) is 28.7 Å². The minimum atomic E-state index is -4.14. The first-order chi connectivity index (χ1) is 10.7. The summed E-state index contributed by atoms with van der Waals surface area (Å²) < 4.78 is 53.0. The number of benzene rings is 1. The first-order valence-electron chi connectivity index (χ1n) is 6.25. The lowest BCUT2D eigenvalue weighted by Crippen LogP contribution is -2.17. The van der Waals surface area contributed by atoms with Gasteiger partial charge in [-0.15, -0.1) is 0 Å². The zero-order valence-corrected chi connectivity index (χ0v) is 12.6. The monoisotopic (exact) mass is 343 g/mol. The fraction of sp³-hybridized carbons (Fsp3) is 0.154. The molecule has 0 aliphatic heterocycles. The third-order valence-corrected chi connectivity index (χ3v) is 4.10. The van der Waals surface area contributed by atoms with E-state index >= 15 is 0 Å². The van der Waals surface area contributed by atoms with Crippen molar-refractivity contribution in [1.82, 2.24) is 4.98 Å². The van der Waals surface area contributed by atoms with Gasteiger partial charge in [0.15, 0.2) is 0 Å². The van der Waals surface area contributed by atoms with E-state index in [9.17, 15) is 27.3 Å². The Hall–Kier alpha value is -2.62. The zero-order chi connectivity index (χ0) is 17.2. The average molecular weight is 343 g/mol. The third kappa shape index (κ3) is 3.97. The highest BCUT2D eigenvalue weighted by Crippen LogP contribution is 2.20. The topological polar surface area (TPSA) is 102 Å². The average Bonchev–Trinajstić information content (AvgIpc) is 2.42. The maximum atomic E-state index is 13.5. The van der Waals surface area contributed by atoms with Crippen molar-refractivity contribution in [3.05, 3.63) is 63.3 Å². The Morgan fingerprint density at radius 1 is 1.22 bits per heavy atom. The molecule has 0 amide bonds. The van der Waals surface area contributed by atoms with E-state index < -0.39 is 37.9 Å². The van der Waals surface area contributed by atoms with Crippen molar-refractivity contribution < 1.29 is 22.1 Å². The molecule has 122 valence electrons. The van der Waals surface area contributed by atoms with E-state index in [2.05, 4.69) is 4.98 Å². The number of nitro groups is 1. The number of aromatic nitrogens is 1. The molecule has 2 rings (SSSR count). The fourth-order valence-electron chi connectivity index (χ4n) is 1.86. The molecule has 0 aliphatic rings. The minimum absolute atomic E-state index is 0.00673. The van der Waals surface area contributed by atoms with Crippen molar-refractivity contribution in [2.24, 2.45) is 0 Å². The summed E-state index contributed by atoms with van der Waals surface area (Å²) in [4.78, 5) is 13.8. The molecule has 0 aliphatic carbocycles. The van der Waals surface area contributed by atoms with E-state index in [1.807, 2.05) is 4.72 Å². The molecule has 0 radical (unpaired) electrons. The molecule has 0 saturated heterocycles. The molecule has 7 nitrogen and oxygen atoms in total. The van der Waals surface area contributed by atoms with Gasteiger partial charge in [-0.25, -0.2) is 22.2 Å². The molecule has 1 heterocycles.